The smallest absolute Gasteiger partial charge is 0.330 e. The second-order valence-corrected chi connectivity index (χ2v) is 16.7. The molecule has 8 heteroatoms. The van der Waals surface area contributed by atoms with Crippen LogP contribution >= 0.6 is 0 Å². The number of carbonyl (C=O) groups is 1. The number of hydrogen-bond acceptors (Lipinski definition) is 8. The van der Waals surface area contributed by atoms with E-state index in [-0.39, 0.29) is 51.5 Å². The minimum absolute atomic E-state index is 0.00183. The Kier molecular flexibility index (Phi) is 8.86. The number of allylic oxidation sites excluding steroid dienone is 2. The molecule has 1 heterocycles. The minimum Gasteiger partial charge on any atom is -0.459 e. The van der Waals surface area contributed by atoms with Gasteiger partial charge >= 0.3 is 5.97 Å². The molecule has 1 aliphatic heterocycles. The molecule has 0 aromatic heterocycles. The van der Waals surface area contributed by atoms with Gasteiger partial charge in [0.15, 0.2) is 6.29 Å². The van der Waals surface area contributed by atoms with E-state index in [1.54, 1.807) is 13.2 Å². The van der Waals surface area contributed by atoms with Gasteiger partial charge in [-0.25, -0.2) is 4.79 Å². The average Bonchev–Trinajstić information content (AvgIpc) is 3.52. The zero-order chi connectivity index (χ0) is 32.6. The lowest BCUT2D eigenvalue weighted by molar-refractivity contribution is -0.220. The van der Waals surface area contributed by atoms with Crippen LogP contribution in [0.4, 0.5) is 0 Å². The summed E-state index contributed by atoms with van der Waals surface area (Å²) in [5, 5.41) is 43.3. The predicted molar refractivity (Wildman–Crippen MR) is 167 cm³/mol. The number of hydrogen-bond donors (Lipinski definition) is 4. The van der Waals surface area contributed by atoms with Crippen LogP contribution in [-0.4, -0.2) is 76.4 Å². The van der Waals surface area contributed by atoms with E-state index in [2.05, 4.69) is 40.7 Å². The Morgan fingerprint density at radius 2 is 1.82 bits per heavy atom. The van der Waals surface area contributed by atoms with Crippen LogP contribution < -0.4 is 0 Å². The first kappa shape index (κ1) is 34.1. The Bertz CT molecular complexity index is 1170. The van der Waals surface area contributed by atoms with Crippen LogP contribution in [0, 0.1) is 45.3 Å². The molecular weight excluding hydrogens is 560 g/mol. The molecule has 5 rings (SSSR count). The van der Waals surface area contributed by atoms with Gasteiger partial charge in [-0.05, 0) is 94.3 Å². The minimum atomic E-state index is -1.67. The van der Waals surface area contributed by atoms with Gasteiger partial charge in [0.1, 0.15) is 17.8 Å². The second-order valence-electron chi connectivity index (χ2n) is 16.7. The number of aliphatic hydroxyl groups is 4. The number of ether oxygens (including phenoxy) is 3. The average molecular weight is 619 g/mol. The molecule has 0 bridgehead atoms. The van der Waals surface area contributed by atoms with Crippen LogP contribution in [0.2, 0.25) is 0 Å². The first-order valence-corrected chi connectivity index (χ1v) is 16.8. The highest BCUT2D eigenvalue weighted by Gasteiger charge is 2.69. The topological polar surface area (TPSA) is 126 Å². The highest BCUT2D eigenvalue weighted by molar-refractivity contribution is 5.82. The van der Waals surface area contributed by atoms with Gasteiger partial charge in [0.25, 0.3) is 0 Å². The van der Waals surface area contributed by atoms with Crippen molar-refractivity contribution in [3.63, 3.8) is 0 Å². The molecule has 44 heavy (non-hydrogen) atoms. The zero-order valence-corrected chi connectivity index (χ0v) is 28.4. The monoisotopic (exact) mass is 618 g/mol. The fourth-order valence-corrected chi connectivity index (χ4v) is 11.2. The summed E-state index contributed by atoms with van der Waals surface area (Å²) in [6, 6.07) is 0. The van der Waals surface area contributed by atoms with E-state index < -0.39 is 36.8 Å². The fourth-order valence-electron chi connectivity index (χ4n) is 11.2. The normalized spacial score (nSPS) is 46.5. The molecule has 0 aromatic rings. The third kappa shape index (κ3) is 5.05. The Hall–Kier alpha value is -1.29. The van der Waals surface area contributed by atoms with Crippen molar-refractivity contribution >= 4 is 5.97 Å². The van der Waals surface area contributed by atoms with Crippen LogP contribution in [0.25, 0.3) is 0 Å². The molecule has 4 aliphatic carbocycles. The summed E-state index contributed by atoms with van der Waals surface area (Å²) >= 11 is 0. The number of aliphatic hydroxyl groups excluding tert-OH is 3. The summed E-state index contributed by atoms with van der Waals surface area (Å²) < 4.78 is 18.1. The van der Waals surface area contributed by atoms with Crippen LogP contribution in [0.15, 0.2) is 23.3 Å². The van der Waals surface area contributed by atoms with Crippen molar-refractivity contribution < 1.29 is 39.4 Å². The largest absolute Gasteiger partial charge is 0.459 e. The summed E-state index contributed by atoms with van der Waals surface area (Å²) in [7, 11) is 1.63. The van der Waals surface area contributed by atoms with Crippen molar-refractivity contribution in [3.8, 4) is 0 Å². The van der Waals surface area contributed by atoms with Gasteiger partial charge in [-0.1, -0.05) is 51.8 Å². The van der Waals surface area contributed by atoms with E-state index in [0.717, 1.165) is 37.7 Å². The Morgan fingerprint density at radius 1 is 1.14 bits per heavy atom. The Labute approximate surface area is 264 Å². The SMILES string of the molecule is CO[C@@H]1O[C@@H]([C@H](O)C(C)(O)CO)C[C@H]1[C@@H]1CC=C2[C@]3(C)[C@H](O)C[C@H]4C(C)(C)[C@H](OC(=O)C=C(C)C)CC[C@]4(C)[C@H]3CC[C@]21C. The van der Waals surface area contributed by atoms with Gasteiger partial charge < -0.3 is 34.6 Å². The van der Waals surface area contributed by atoms with E-state index in [9.17, 15) is 25.2 Å². The van der Waals surface area contributed by atoms with Crippen LogP contribution in [0.5, 0.6) is 0 Å². The number of fused-ring (bicyclic) bond motifs is 5. The summed E-state index contributed by atoms with van der Waals surface area (Å²) in [4.78, 5) is 12.6. The van der Waals surface area contributed by atoms with Gasteiger partial charge in [0.05, 0.1) is 18.8 Å². The molecular formula is C36H58O8. The van der Waals surface area contributed by atoms with Crippen molar-refractivity contribution in [3.05, 3.63) is 23.3 Å². The Morgan fingerprint density at radius 3 is 2.43 bits per heavy atom. The third-order valence-electron chi connectivity index (χ3n) is 13.6. The first-order valence-electron chi connectivity index (χ1n) is 16.8. The molecule has 13 atom stereocenters. The lowest BCUT2D eigenvalue weighted by atomic mass is 9.37. The van der Waals surface area contributed by atoms with E-state index in [1.807, 2.05) is 13.8 Å². The van der Waals surface area contributed by atoms with E-state index in [1.165, 1.54) is 12.5 Å². The maximum atomic E-state index is 12.6. The molecule has 0 aromatic carbocycles. The Balaban J connectivity index is 1.40. The van der Waals surface area contributed by atoms with Gasteiger partial charge in [-0.3, -0.25) is 0 Å². The van der Waals surface area contributed by atoms with E-state index in [0.29, 0.717) is 18.8 Å². The van der Waals surface area contributed by atoms with Crippen molar-refractivity contribution in [1.82, 2.24) is 0 Å². The lowest BCUT2D eigenvalue weighted by Crippen LogP contribution is -2.65. The van der Waals surface area contributed by atoms with Gasteiger partial charge in [-0.15, -0.1) is 0 Å². The number of methoxy groups -OCH3 is 1. The van der Waals surface area contributed by atoms with Crippen molar-refractivity contribution in [2.24, 2.45) is 45.3 Å². The second kappa shape index (κ2) is 11.4. The van der Waals surface area contributed by atoms with E-state index in [4.69, 9.17) is 14.2 Å². The highest BCUT2D eigenvalue weighted by Crippen LogP contribution is 2.73. The maximum absolute atomic E-state index is 12.6. The number of rotatable bonds is 7. The third-order valence-corrected chi connectivity index (χ3v) is 13.6. The van der Waals surface area contributed by atoms with Crippen LogP contribution in [-0.2, 0) is 19.0 Å². The summed E-state index contributed by atoms with van der Waals surface area (Å²) in [5.41, 5.74) is -0.200. The van der Waals surface area contributed by atoms with Crippen molar-refractivity contribution in [2.75, 3.05) is 13.7 Å². The molecule has 4 fully saturated rings. The number of esters is 1. The van der Waals surface area contributed by atoms with Crippen molar-refractivity contribution in [1.29, 1.82) is 0 Å². The van der Waals surface area contributed by atoms with Gasteiger partial charge in [0.2, 0.25) is 0 Å². The molecule has 4 N–H and O–H groups in total. The maximum Gasteiger partial charge on any atom is 0.330 e. The quantitative estimate of drug-likeness (QED) is 0.180. The molecule has 0 amide bonds. The highest BCUT2D eigenvalue weighted by atomic mass is 16.7. The molecule has 5 aliphatic rings. The lowest BCUT2D eigenvalue weighted by Gasteiger charge is -2.68. The van der Waals surface area contributed by atoms with Gasteiger partial charge in [0, 0.05) is 29.9 Å². The number of carbonyl (C=O) groups excluding carboxylic acids is 1. The predicted octanol–water partition coefficient (Wildman–Crippen LogP) is 4.92. The van der Waals surface area contributed by atoms with Crippen molar-refractivity contribution in [2.45, 2.75) is 137 Å². The molecule has 8 nitrogen and oxygen atoms in total. The molecule has 3 saturated carbocycles. The molecule has 0 spiro atoms. The fraction of sp³-hybridized carbons (Fsp3) is 0.861. The van der Waals surface area contributed by atoms with Crippen LogP contribution in [0.1, 0.15) is 100 Å². The molecule has 250 valence electrons. The van der Waals surface area contributed by atoms with Crippen LogP contribution in [0.3, 0.4) is 0 Å². The van der Waals surface area contributed by atoms with E-state index >= 15 is 0 Å². The summed E-state index contributed by atoms with van der Waals surface area (Å²) in [6.07, 6.45) is 6.68. The zero-order valence-electron chi connectivity index (χ0n) is 28.4. The first-order chi connectivity index (χ1) is 20.4. The molecule has 1 saturated heterocycles. The standard InChI is InChI=1S/C36H58O8/c1-20(2)16-29(39)44-28-13-15-34(6)25-12-14-33(5)22(21-17-23(43-31(21)42-9)30(40)35(7,41)19-37)10-11-24(33)36(25,8)27(38)18-26(34)32(28,3)4/h11,16,21-23,25-28,30-31,37-38,40-41H,10,12-15,17-19H2,1-9H3/t21-,22-,23+,25+,26-,27+,28+,30-,31+,33-,34+,35?,36-/m0/s1. The molecule has 1 unspecified atom stereocenters. The van der Waals surface area contributed by atoms with Gasteiger partial charge in [-0.2, -0.15) is 0 Å². The summed E-state index contributed by atoms with van der Waals surface area (Å²) in [5.74, 6) is 0.440. The summed E-state index contributed by atoms with van der Waals surface area (Å²) in [6.45, 7) is 16.2. The molecule has 0 radical (unpaired) electrons.